The Morgan fingerprint density at radius 1 is 1.23 bits per heavy atom. The number of carbonyl (C=O) groups excluding carboxylic acids is 2. The Labute approximate surface area is 137 Å². The van der Waals surface area contributed by atoms with Crippen LogP contribution >= 0.6 is 11.8 Å². The Balaban J connectivity index is 2.61. The van der Waals surface area contributed by atoms with Gasteiger partial charge in [-0.25, -0.2) is 4.79 Å². The maximum Gasteiger partial charge on any atom is 0.408 e. The van der Waals surface area contributed by atoms with Gasteiger partial charge in [0.2, 0.25) is 0 Å². The molecule has 0 spiro atoms. The number of hydrogen-bond acceptors (Lipinski definition) is 4. The van der Waals surface area contributed by atoms with Crippen LogP contribution in [0.4, 0.5) is 4.79 Å². The minimum absolute atomic E-state index is 0.124. The highest BCUT2D eigenvalue weighted by Gasteiger charge is 2.21. The van der Waals surface area contributed by atoms with E-state index in [9.17, 15) is 9.59 Å². The van der Waals surface area contributed by atoms with Gasteiger partial charge in [-0.1, -0.05) is 31.2 Å². The second kappa shape index (κ2) is 8.22. The number of hydrogen-bond donors (Lipinski definition) is 1. The first-order chi connectivity index (χ1) is 10.2. The lowest BCUT2D eigenvalue weighted by Crippen LogP contribution is -2.41. The number of amides is 1. The average Bonchev–Trinajstić information content (AvgIpc) is 2.42. The number of alkyl carbamates (subject to hydrolysis) is 1. The van der Waals surface area contributed by atoms with Crippen molar-refractivity contribution < 1.29 is 14.3 Å². The quantitative estimate of drug-likeness (QED) is 0.803. The number of nitrogens with one attached hydrogen (secondary N) is 1. The van der Waals surface area contributed by atoms with Gasteiger partial charge in [0.25, 0.3) is 0 Å². The summed E-state index contributed by atoms with van der Waals surface area (Å²) in [5.41, 5.74) is 1.20. The first kappa shape index (κ1) is 18.6. The Hall–Kier alpha value is -1.49. The summed E-state index contributed by atoms with van der Waals surface area (Å²) < 4.78 is 5.15. The number of Topliss-reactive ketones (excluding diaryl/α,β-unsaturated/α-hetero) is 1. The van der Waals surface area contributed by atoms with Gasteiger partial charge in [-0.05, 0) is 39.0 Å². The maximum atomic E-state index is 12.3. The predicted octanol–water partition coefficient (Wildman–Crippen LogP) is 4.04. The van der Waals surface area contributed by atoms with Gasteiger partial charge in [-0.15, -0.1) is 0 Å². The molecule has 0 aliphatic carbocycles. The molecule has 122 valence electrons. The van der Waals surface area contributed by atoms with E-state index >= 15 is 0 Å². The zero-order chi connectivity index (χ0) is 16.8. The molecule has 0 saturated heterocycles. The lowest BCUT2D eigenvalue weighted by molar-refractivity contribution is 0.0497. The van der Waals surface area contributed by atoms with Gasteiger partial charge in [-0.2, -0.15) is 11.8 Å². The molecule has 1 aromatic rings. The van der Waals surface area contributed by atoms with Crippen molar-refractivity contribution >= 4 is 23.6 Å². The van der Waals surface area contributed by atoms with Gasteiger partial charge in [0.05, 0.1) is 6.04 Å². The molecule has 0 heterocycles. The molecule has 0 fully saturated rings. The van der Waals surface area contributed by atoms with Crippen LogP contribution in [0.5, 0.6) is 0 Å². The highest BCUT2D eigenvalue weighted by molar-refractivity contribution is 7.98. The number of carbonyl (C=O) groups is 2. The molecule has 0 saturated carbocycles. The molecule has 1 rings (SSSR count). The summed E-state index contributed by atoms with van der Waals surface area (Å²) in [5.74, 6) is 1.88. The molecule has 1 amide bonds. The Bertz CT molecular complexity index is 506. The van der Waals surface area contributed by atoms with Crippen LogP contribution in [-0.4, -0.2) is 29.3 Å². The monoisotopic (exact) mass is 323 g/mol. The number of ketones is 1. The minimum Gasteiger partial charge on any atom is -0.444 e. The van der Waals surface area contributed by atoms with Crippen molar-refractivity contribution in [1.29, 1.82) is 0 Å². The summed E-state index contributed by atoms with van der Waals surface area (Å²) in [6.07, 6.45) is -0.579. The summed E-state index contributed by atoms with van der Waals surface area (Å²) in [7, 11) is 0. The fourth-order valence-corrected chi connectivity index (χ4v) is 2.42. The van der Waals surface area contributed by atoms with Crippen molar-refractivity contribution in [2.24, 2.45) is 0 Å². The van der Waals surface area contributed by atoms with Crippen LogP contribution in [0.2, 0.25) is 0 Å². The van der Waals surface area contributed by atoms with Crippen molar-refractivity contribution in [2.45, 2.75) is 52.0 Å². The van der Waals surface area contributed by atoms with Crippen LogP contribution in [0.25, 0.3) is 0 Å². The summed E-state index contributed by atoms with van der Waals surface area (Å²) in [6.45, 7) is 9.13. The van der Waals surface area contributed by atoms with E-state index in [1.165, 1.54) is 5.56 Å². The van der Waals surface area contributed by atoms with Gasteiger partial charge in [0.15, 0.2) is 5.78 Å². The van der Waals surface area contributed by atoms with Crippen LogP contribution in [-0.2, 0) is 10.5 Å². The summed E-state index contributed by atoms with van der Waals surface area (Å²) in [4.78, 5) is 24.0. The highest BCUT2D eigenvalue weighted by Crippen LogP contribution is 2.14. The summed E-state index contributed by atoms with van der Waals surface area (Å²) in [5, 5.41) is 2.57. The SMILES string of the molecule is CCSCc1ccc(C(=O)[C@H](C)NC(=O)OC(C)(C)C)cc1. The third-order valence-corrected chi connectivity index (χ3v) is 3.78. The predicted molar refractivity (Wildman–Crippen MR) is 91.4 cm³/mol. The Morgan fingerprint density at radius 2 is 1.82 bits per heavy atom. The average molecular weight is 323 g/mol. The van der Waals surface area contributed by atoms with E-state index in [-0.39, 0.29) is 5.78 Å². The van der Waals surface area contributed by atoms with Gasteiger partial charge >= 0.3 is 6.09 Å². The van der Waals surface area contributed by atoms with Crippen LogP contribution in [0.1, 0.15) is 50.5 Å². The van der Waals surface area contributed by atoms with Crippen molar-refractivity contribution in [3.8, 4) is 0 Å². The van der Waals surface area contributed by atoms with E-state index in [0.29, 0.717) is 5.56 Å². The van der Waals surface area contributed by atoms with Crippen molar-refractivity contribution in [1.82, 2.24) is 5.32 Å². The van der Waals surface area contributed by atoms with Crippen LogP contribution < -0.4 is 5.32 Å². The van der Waals surface area contributed by atoms with E-state index in [1.807, 2.05) is 23.9 Å². The Kier molecular flexibility index (Phi) is 6.94. The first-order valence-electron chi connectivity index (χ1n) is 7.43. The van der Waals surface area contributed by atoms with Gasteiger partial charge in [0.1, 0.15) is 5.60 Å². The van der Waals surface area contributed by atoms with E-state index in [4.69, 9.17) is 4.74 Å². The minimum atomic E-state index is -0.620. The molecular weight excluding hydrogens is 298 g/mol. The van der Waals surface area contributed by atoms with E-state index < -0.39 is 17.7 Å². The molecule has 0 aliphatic heterocycles. The van der Waals surface area contributed by atoms with Gasteiger partial charge in [0, 0.05) is 11.3 Å². The van der Waals surface area contributed by atoms with E-state index in [1.54, 1.807) is 39.8 Å². The molecule has 0 bridgehead atoms. The van der Waals surface area contributed by atoms with Crippen molar-refractivity contribution in [3.63, 3.8) is 0 Å². The molecule has 22 heavy (non-hydrogen) atoms. The summed E-state index contributed by atoms with van der Waals surface area (Å²) >= 11 is 1.84. The zero-order valence-electron chi connectivity index (χ0n) is 13.9. The molecule has 4 nitrogen and oxygen atoms in total. The summed E-state index contributed by atoms with van der Waals surface area (Å²) in [6, 6.07) is 6.90. The third kappa shape index (κ3) is 6.52. The molecule has 0 aliphatic rings. The van der Waals surface area contributed by atoms with Gasteiger partial charge in [-0.3, -0.25) is 4.79 Å². The molecule has 0 radical (unpaired) electrons. The van der Waals surface area contributed by atoms with Crippen molar-refractivity contribution in [2.75, 3.05) is 5.75 Å². The molecule has 5 heteroatoms. The smallest absolute Gasteiger partial charge is 0.408 e. The topological polar surface area (TPSA) is 55.4 Å². The molecule has 1 aromatic carbocycles. The van der Waals surface area contributed by atoms with Crippen LogP contribution in [0.3, 0.4) is 0 Å². The number of benzene rings is 1. The fraction of sp³-hybridized carbons (Fsp3) is 0.529. The van der Waals surface area contributed by atoms with E-state index in [0.717, 1.165) is 11.5 Å². The lowest BCUT2D eigenvalue weighted by Gasteiger charge is -2.21. The number of thioether (sulfide) groups is 1. The Morgan fingerprint density at radius 3 is 2.32 bits per heavy atom. The fourth-order valence-electron chi connectivity index (χ4n) is 1.79. The van der Waals surface area contributed by atoms with E-state index in [2.05, 4.69) is 12.2 Å². The van der Waals surface area contributed by atoms with Crippen molar-refractivity contribution in [3.05, 3.63) is 35.4 Å². The molecule has 0 unspecified atom stereocenters. The molecule has 1 N–H and O–H groups in total. The molecule has 1 atom stereocenters. The molecular formula is C17H25NO3S. The third-order valence-electron chi connectivity index (χ3n) is 2.84. The second-order valence-corrected chi connectivity index (χ2v) is 7.34. The van der Waals surface area contributed by atoms with Crippen LogP contribution in [0.15, 0.2) is 24.3 Å². The standard InChI is InChI=1S/C17H25NO3S/c1-6-22-11-13-7-9-14(10-8-13)15(19)12(2)18-16(20)21-17(3,4)5/h7-10,12H,6,11H2,1-5H3,(H,18,20)/t12-/m0/s1. The number of ether oxygens (including phenoxy) is 1. The maximum absolute atomic E-state index is 12.3. The number of rotatable bonds is 6. The van der Waals surface area contributed by atoms with Crippen LogP contribution in [0, 0.1) is 0 Å². The highest BCUT2D eigenvalue weighted by atomic mass is 32.2. The second-order valence-electron chi connectivity index (χ2n) is 6.07. The zero-order valence-corrected chi connectivity index (χ0v) is 14.8. The first-order valence-corrected chi connectivity index (χ1v) is 8.59. The molecule has 0 aromatic heterocycles. The lowest BCUT2D eigenvalue weighted by atomic mass is 10.0. The largest absolute Gasteiger partial charge is 0.444 e. The normalized spacial score (nSPS) is 12.6. The van der Waals surface area contributed by atoms with Gasteiger partial charge < -0.3 is 10.1 Å².